The molecular weight excluding hydrogens is 498 g/mol. The number of ether oxygens (including phenoxy) is 1. The Kier molecular flexibility index (Phi) is 7.36. The van der Waals surface area contributed by atoms with E-state index in [1.54, 1.807) is 28.4 Å². The minimum absolute atomic E-state index is 0.0739. The maximum Gasteiger partial charge on any atom is 0.410 e. The molecule has 0 spiro atoms. The smallest absolute Gasteiger partial charge is 0.410 e. The van der Waals surface area contributed by atoms with Crippen molar-refractivity contribution >= 4 is 34.8 Å². The fraction of sp³-hybridized carbons (Fsp3) is 0.367. The van der Waals surface area contributed by atoms with E-state index in [4.69, 9.17) is 4.74 Å². The van der Waals surface area contributed by atoms with Gasteiger partial charge in [-0.3, -0.25) is 14.5 Å². The molecular formula is C30H33N3O4S. The van der Waals surface area contributed by atoms with Crippen molar-refractivity contribution in [1.82, 2.24) is 9.80 Å². The van der Waals surface area contributed by atoms with Crippen molar-refractivity contribution in [2.45, 2.75) is 45.8 Å². The van der Waals surface area contributed by atoms with Crippen LogP contribution in [0.5, 0.6) is 0 Å². The first kappa shape index (κ1) is 26.1. The number of piperazine rings is 1. The van der Waals surface area contributed by atoms with E-state index in [2.05, 4.69) is 22.3 Å². The van der Waals surface area contributed by atoms with Gasteiger partial charge in [-0.2, -0.15) is 0 Å². The number of amides is 2. The molecule has 2 heterocycles. The van der Waals surface area contributed by atoms with E-state index >= 15 is 0 Å². The molecule has 0 unspecified atom stereocenters. The van der Waals surface area contributed by atoms with Crippen molar-refractivity contribution in [3.8, 4) is 10.4 Å². The van der Waals surface area contributed by atoms with Crippen LogP contribution in [-0.4, -0.2) is 59.4 Å². The van der Waals surface area contributed by atoms with Crippen LogP contribution < -0.4 is 5.32 Å². The fourth-order valence-electron chi connectivity index (χ4n) is 4.95. The molecule has 3 aromatic rings. The Balaban J connectivity index is 1.26. The molecule has 1 aliphatic carbocycles. The van der Waals surface area contributed by atoms with Crippen LogP contribution in [0.3, 0.4) is 0 Å². The van der Waals surface area contributed by atoms with Crippen molar-refractivity contribution in [3.05, 3.63) is 76.2 Å². The average Bonchev–Trinajstić information content (AvgIpc) is 3.51. The highest BCUT2D eigenvalue weighted by Gasteiger charge is 2.28. The summed E-state index contributed by atoms with van der Waals surface area (Å²) in [7, 11) is 0. The number of anilines is 1. The number of Topliss-reactive ketones (excluding diaryl/α,β-unsaturated/α-hetero) is 1. The number of nitrogens with zero attached hydrogens (tertiary/aromatic N) is 2. The zero-order chi connectivity index (χ0) is 26.9. The Morgan fingerprint density at radius 2 is 1.68 bits per heavy atom. The number of nitrogens with one attached hydrogen (secondary N) is 1. The summed E-state index contributed by atoms with van der Waals surface area (Å²) >= 11 is 1.73. The number of carbonyl (C=O) groups is 3. The SMILES string of the molecule is CC(C)(C)OC(=O)N1CCN(Cc2ccc(-c3ccc(NC(=O)c4ccccc4)c4c3CCC4=O)s2)CC1. The summed E-state index contributed by atoms with van der Waals surface area (Å²) < 4.78 is 5.50. The normalized spacial score (nSPS) is 15.9. The number of carbonyl (C=O) groups excluding carboxylic acids is 3. The summed E-state index contributed by atoms with van der Waals surface area (Å²) in [6, 6.07) is 17.2. The Hall–Kier alpha value is -3.49. The van der Waals surface area contributed by atoms with Gasteiger partial charge in [-0.05, 0) is 68.7 Å². The molecule has 1 aliphatic heterocycles. The third kappa shape index (κ3) is 5.81. The highest BCUT2D eigenvalue weighted by atomic mass is 32.1. The van der Waals surface area contributed by atoms with Gasteiger partial charge in [-0.15, -0.1) is 11.3 Å². The largest absolute Gasteiger partial charge is 0.444 e. The van der Waals surface area contributed by atoms with E-state index < -0.39 is 5.60 Å². The fourth-order valence-corrected chi connectivity index (χ4v) is 6.05. The monoisotopic (exact) mass is 531 g/mol. The molecule has 198 valence electrons. The maximum atomic E-state index is 12.8. The first-order chi connectivity index (χ1) is 18.2. The Morgan fingerprint density at radius 3 is 2.39 bits per heavy atom. The third-order valence-corrected chi connectivity index (χ3v) is 7.91. The van der Waals surface area contributed by atoms with Gasteiger partial charge in [0, 0.05) is 60.0 Å². The molecule has 0 radical (unpaired) electrons. The standard InChI is InChI=1S/C30H33N3O4S/c1-30(2,3)37-29(36)33-17-15-32(16-18-33)19-21-9-14-26(38-21)22-10-12-24(27-23(22)11-13-25(27)34)31-28(35)20-7-5-4-6-8-20/h4-10,12,14H,11,13,15-19H2,1-3H3,(H,31,35). The summed E-state index contributed by atoms with van der Waals surface area (Å²) in [6.07, 6.45) is 0.890. The number of hydrogen-bond donors (Lipinski definition) is 1. The number of fused-ring (bicyclic) bond motifs is 1. The Labute approximate surface area is 227 Å². The lowest BCUT2D eigenvalue weighted by Gasteiger charge is -2.35. The molecule has 1 aromatic heterocycles. The predicted molar refractivity (Wildman–Crippen MR) is 150 cm³/mol. The van der Waals surface area contributed by atoms with E-state index in [-0.39, 0.29) is 17.8 Å². The lowest BCUT2D eigenvalue weighted by Crippen LogP contribution is -2.49. The molecule has 5 rings (SSSR count). The van der Waals surface area contributed by atoms with Gasteiger partial charge in [0.1, 0.15) is 5.60 Å². The average molecular weight is 532 g/mol. The molecule has 1 saturated heterocycles. The number of thiophene rings is 1. The van der Waals surface area contributed by atoms with E-state index in [1.807, 2.05) is 51.1 Å². The minimum atomic E-state index is -0.488. The molecule has 2 aromatic carbocycles. The first-order valence-electron chi connectivity index (χ1n) is 13.0. The molecule has 1 N–H and O–H groups in total. The van der Waals surface area contributed by atoms with Crippen LogP contribution in [0.2, 0.25) is 0 Å². The minimum Gasteiger partial charge on any atom is -0.444 e. The van der Waals surface area contributed by atoms with Crippen molar-refractivity contribution < 1.29 is 19.1 Å². The van der Waals surface area contributed by atoms with Crippen molar-refractivity contribution in [2.75, 3.05) is 31.5 Å². The van der Waals surface area contributed by atoms with Gasteiger partial charge in [0.2, 0.25) is 0 Å². The van der Waals surface area contributed by atoms with Gasteiger partial charge in [0.15, 0.2) is 5.78 Å². The van der Waals surface area contributed by atoms with Crippen molar-refractivity contribution in [3.63, 3.8) is 0 Å². The highest BCUT2D eigenvalue weighted by Crippen LogP contribution is 2.40. The van der Waals surface area contributed by atoms with E-state index in [9.17, 15) is 14.4 Å². The first-order valence-corrected chi connectivity index (χ1v) is 13.8. The van der Waals surface area contributed by atoms with E-state index in [0.29, 0.717) is 42.7 Å². The Bertz CT molecular complexity index is 1350. The van der Waals surface area contributed by atoms with Gasteiger partial charge in [0.25, 0.3) is 5.91 Å². The lowest BCUT2D eigenvalue weighted by atomic mass is 9.99. The van der Waals surface area contributed by atoms with Crippen LogP contribution in [0.25, 0.3) is 10.4 Å². The number of rotatable bonds is 5. The van der Waals surface area contributed by atoms with Crippen molar-refractivity contribution in [1.29, 1.82) is 0 Å². The molecule has 0 bridgehead atoms. The Morgan fingerprint density at radius 1 is 0.947 bits per heavy atom. The molecule has 7 nitrogen and oxygen atoms in total. The second kappa shape index (κ2) is 10.7. The van der Waals surface area contributed by atoms with Gasteiger partial charge < -0.3 is 15.0 Å². The topological polar surface area (TPSA) is 79.0 Å². The summed E-state index contributed by atoms with van der Waals surface area (Å²) in [5.74, 6) is -0.143. The van der Waals surface area contributed by atoms with Crippen LogP contribution in [0, 0.1) is 0 Å². The van der Waals surface area contributed by atoms with Crippen LogP contribution >= 0.6 is 11.3 Å². The van der Waals surface area contributed by atoms with Gasteiger partial charge >= 0.3 is 6.09 Å². The van der Waals surface area contributed by atoms with Crippen molar-refractivity contribution in [2.24, 2.45) is 0 Å². The number of ketones is 1. The predicted octanol–water partition coefficient (Wildman–Crippen LogP) is 5.85. The summed E-state index contributed by atoms with van der Waals surface area (Å²) in [4.78, 5) is 44.4. The van der Waals surface area contributed by atoms with Crippen LogP contribution in [0.4, 0.5) is 10.5 Å². The van der Waals surface area contributed by atoms with Crippen LogP contribution in [-0.2, 0) is 17.7 Å². The van der Waals surface area contributed by atoms with Gasteiger partial charge in [-0.25, -0.2) is 4.79 Å². The number of benzene rings is 2. The van der Waals surface area contributed by atoms with Gasteiger partial charge in [0.05, 0.1) is 5.69 Å². The zero-order valence-corrected chi connectivity index (χ0v) is 22.9. The van der Waals surface area contributed by atoms with E-state index in [1.165, 1.54) is 4.88 Å². The quantitative estimate of drug-likeness (QED) is 0.447. The molecule has 8 heteroatoms. The van der Waals surface area contributed by atoms with Crippen LogP contribution in [0.1, 0.15) is 58.3 Å². The second-order valence-corrected chi connectivity index (χ2v) is 11.9. The molecule has 0 saturated carbocycles. The molecule has 1 fully saturated rings. The maximum absolute atomic E-state index is 12.8. The summed E-state index contributed by atoms with van der Waals surface area (Å²) in [6.45, 7) is 9.37. The highest BCUT2D eigenvalue weighted by molar-refractivity contribution is 7.15. The van der Waals surface area contributed by atoms with Crippen LogP contribution in [0.15, 0.2) is 54.6 Å². The molecule has 2 aliphatic rings. The second-order valence-electron chi connectivity index (χ2n) is 10.8. The zero-order valence-electron chi connectivity index (χ0n) is 22.1. The summed E-state index contributed by atoms with van der Waals surface area (Å²) in [5.41, 5.74) is 3.37. The molecule has 0 atom stereocenters. The lowest BCUT2D eigenvalue weighted by molar-refractivity contribution is 0.0139. The molecule has 2 amide bonds. The summed E-state index contributed by atoms with van der Waals surface area (Å²) in [5, 5.41) is 2.95. The van der Waals surface area contributed by atoms with Gasteiger partial charge in [-0.1, -0.05) is 24.3 Å². The third-order valence-electron chi connectivity index (χ3n) is 6.81. The molecule has 38 heavy (non-hydrogen) atoms. The number of hydrogen-bond acceptors (Lipinski definition) is 6. The van der Waals surface area contributed by atoms with E-state index in [0.717, 1.165) is 35.6 Å².